The van der Waals surface area contributed by atoms with Gasteiger partial charge >= 0.3 is 0 Å². The number of aliphatic hydroxyl groups is 3. The van der Waals surface area contributed by atoms with Crippen LogP contribution in [-0.4, -0.2) is 146 Å². The van der Waals surface area contributed by atoms with Gasteiger partial charge in [-0.15, -0.1) is 0 Å². The summed E-state index contributed by atoms with van der Waals surface area (Å²) in [5, 5.41) is 48.4. The highest BCUT2D eigenvalue weighted by Crippen LogP contribution is 2.40. The molecule has 2 atom stereocenters. The van der Waals surface area contributed by atoms with Gasteiger partial charge < -0.3 is 54.6 Å². The second-order valence-corrected chi connectivity index (χ2v) is 26.8. The number of hydrogen-bond acceptors (Lipinski definition) is 11. The lowest BCUT2D eigenvalue weighted by Crippen LogP contribution is -2.44. The third-order valence-electron chi connectivity index (χ3n) is 19.8. The lowest BCUT2D eigenvalue weighted by molar-refractivity contribution is 0.233. The molecule has 100 heavy (non-hydrogen) atoms. The van der Waals surface area contributed by atoms with Crippen LogP contribution < -0.4 is 14.4 Å². The molecule has 0 bridgehead atoms. The van der Waals surface area contributed by atoms with Gasteiger partial charge in [0.2, 0.25) is 0 Å². The van der Waals surface area contributed by atoms with Crippen LogP contribution in [-0.2, 0) is 0 Å². The summed E-state index contributed by atoms with van der Waals surface area (Å²) >= 11 is 0. The number of nitrogens with zero attached hydrogens (tertiary/aromatic N) is 4. The fraction of sp³-hybridized carbons (Fsp3) is 0.326. The van der Waals surface area contributed by atoms with Crippen LogP contribution in [0.2, 0.25) is 0 Å². The lowest BCUT2D eigenvalue weighted by atomic mass is 9.87. The molecule has 3 saturated heterocycles. The van der Waals surface area contributed by atoms with Crippen molar-refractivity contribution in [3.05, 3.63) is 292 Å². The van der Waals surface area contributed by atoms with E-state index < -0.39 is 0 Å². The summed E-state index contributed by atoms with van der Waals surface area (Å²) < 4.78 is 12.1. The fourth-order valence-corrected chi connectivity index (χ4v) is 14.1. The molecule has 3 aliphatic heterocycles. The minimum Gasteiger partial charge on any atom is -0.508 e. The predicted octanol–water partition coefficient (Wildman–Crippen LogP) is 17.5. The zero-order valence-corrected chi connectivity index (χ0v) is 59.3. The Bertz CT molecular complexity index is 3790. The molecule has 2 unspecified atom stereocenters. The van der Waals surface area contributed by atoms with E-state index in [0.29, 0.717) is 24.9 Å². The second-order valence-electron chi connectivity index (χ2n) is 26.8. The minimum absolute atomic E-state index is 0.141. The van der Waals surface area contributed by atoms with Crippen LogP contribution in [0.3, 0.4) is 0 Å². The highest BCUT2D eigenvalue weighted by Gasteiger charge is 2.24. The maximum Gasteiger partial charge on any atom is 0.119 e. The predicted molar refractivity (Wildman–Crippen MR) is 414 cm³/mol. The van der Waals surface area contributed by atoms with Gasteiger partial charge in [0.15, 0.2) is 0 Å². The number of hydrogen-bond donors (Lipinski definition) is 5. The molecule has 11 nitrogen and oxygen atoms in total. The van der Waals surface area contributed by atoms with Crippen molar-refractivity contribution in [2.24, 2.45) is 0 Å². The van der Waals surface area contributed by atoms with Crippen molar-refractivity contribution < 1.29 is 35.0 Å². The fourth-order valence-electron chi connectivity index (χ4n) is 14.1. The first-order valence-electron chi connectivity index (χ1n) is 36.2. The zero-order chi connectivity index (χ0) is 69.8. The smallest absolute Gasteiger partial charge is 0.119 e. The number of aromatic hydroxyl groups is 2. The van der Waals surface area contributed by atoms with E-state index in [9.17, 15) is 25.5 Å². The van der Waals surface area contributed by atoms with Crippen molar-refractivity contribution in [3.63, 3.8) is 0 Å². The number of likely N-dealkylation sites (N-methyl/N-ethyl adjacent to an activating group) is 1. The Morgan fingerprint density at radius 3 is 0.980 bits per heavy atom. The summed E-state index contributed by atoms with van der Waals surface area (Å²) in [5.74, 6) is 2.25. The Hall–Kier alpha value is -9.04. The summed E-state index contributed by atoms with van der Waals surface area (Å²) in [4.78, 5) is 9.72. The number of allylic oxidation sites excluding steroid dienone is 3. The number of anilines is 1. The number of phenols is 2. The van der Waals surface area contributed by atoms with E-state index in [1.807, 2.05) is 84.9 Å². The van der Waals surface area contributed by atoms with Crippen molar-refractivity contribution in [1.82, 2.24) is 14.7 Å². The van der Waals surface area contributed by atoms with Crippen LogP contribution >= 0.6 is 0 Å². The number of piperazine rings is 1. The third-order valence-corrected chi connectivity index (χ3v) is 19.8. The Morgan fingerprint density at radius 1 is 0.360 bits per heavy atom. The molecule has 11 heteroatoms. The molecule has 0 spiro atoms. The van der Waals surface area contributed by atoms with Gasteiger partial charge in [0.1, 0.15) is 23.0 Å². The molecular formula is C89H104N4O7. The molecule has 5 N–H and O–H groups in total. The highest BCUT2D eigenvalue weighted by atomic mass is 16.5. The van der Waals surface area contributed by atoms with Crippen molar-refractivity contribution in [3.8, 4) is 23.0 Å². The van der Waals surface area contributed by atoms with Crippen molar-refractivity contribution in [1.29, 1.82) is 0 Å². The van der Waals surface area contributed by atoms with Crippen LogP contribution in [0, 0.1) is 6.92 Å². The Morgan fingerprint density at radius 2 is 0.670 bits per heavy atom. The van der Waals surface area contributed by atoms with Gasteiger partial charge in [0.05, 0.1) is 13.2 Å². The minimum atomic E-state index is 0.141. The highest BCUT2D eigenvalue weighted by molar-refractivity contribution is 6.01. The van der Waals surface area contributed by atoms with Gasteiger partial charge in [0.25, 0.3) is 0 Å². The van der Waals surface area contributed by atoms with E-state index in [1.54, 1.807) is 24.3 Å². The first-order valence-corrected chi connectivity index (χ1v) is 36.2. The van der Waals surface area contributed by atoms with Crippen LogP contribution in [0.4, 0.5) is 5.69 Å². The largest absolute Gasteiger partial charge is 0.508 e. The topological polar surface area (TPSA) is 133 Å². The van der Waals surface area contributed by atoms with Gasteiger partial charge in [-0.3, -0.25) is 0 Å². The number of phenolic OH excluding ortho intramolecular Hbond substituents is 2. The van der Waals surface area contributed by atoms with Gasteiger partial charge in [0, 0.05) is 63.8 Å². The van der Waals surface area contributed by atoms with Gasteiger partial charge in [-0.25, -0.2) is 0 Å². The monoisotopic (exact) mass is 1340 g/mol. The van der Waals surface area contributed by atoms with Gasteiger partial charge in [-0.05, 0) is 262 Å². The van der Waals surface area contributed by atoms with E-state index in [-0.39, 0.29) is 31.3 Å². The van der Waals surface area contributed by atoms with Crippen molar-refractivity contribution >= 4 is 39.1 Å². The summed E-state index contributed by atoms with van der Waals surface area (Å²) in [5.41, 5.74) is 19.9. The van der Waals surface area contributed by atoms with Crippen LogP contribution in [0.5, 0.6) is 23.0 Å². The number of benzene rings is 9. The second kappa shape index (κ2) is 38.5. The number of rotatable bonds is 27. The first kappa shape index (κ1) is 73.7. The summed E-state index contributed by atoms with van der Waals surface area (Å²) in [7, 11) is 6.59. The number of aryl methyl sites for hydroxylation is 1. The summed E-state index contributed by atoms with van der Waals surface area (Å²) in [6.07, 6.45) is 11.6. The number of likely N-dealkylation sites (tertiary alicyclic amines) is 2. The first-order chi connectivity index (χ1) is 49.0. The van der Waals surface area contributed by atoms with E-state index in [2.05, 4.69) is 175 Å². The zero-order valence-electron chi connectivity index (χ0n) is 59.3. The van der Waals surface area contributed by atoms with E-state index in [1.165, 1.54) is 89.0 Å². The summed E-state index contributed by atoms with van der Waals surface area (Å²) in [6, 6.07) is 81.8. The quantitative estimate of drug-likeness (QED) is 0.0315. The molecule has 9 aromatic carbocycles. The number of ether oxygens (including phenoxy) is 2. The molecule has 0 radical (unpaired) electrons. The summed E-state index contributed by atoms with van der Waals surface area (Å²) in [6.45, 7) is 10.8. The molecular weight excluding hydrogens is 1240 g/mol. The van der Waals surface area contributed by atoms with Crippen LogP contribution in [0.15, 0.2) is 237 Å². The van der Waals surface area contributed by atoms with Crippen molar-refractivity contribution in [2.45, 2.75) is 96.1 Å². The lowest BCUT2D eigenvalue weighted by Gasteiger charge is -2.34. The maximum absolute atomic E-state index is 9.85. The molecule has 522 valence electrons. The van der Waals surface area contributed by atoms with E-state index in [4.69, 9.17) is 9.47 Å². The number of aliphatic hydroxyl groups excluding tert-OH is 3. The van der Waals surface area contributed by atoms with Crippen molar-refractivity contribution in [2.75, 3.05) is 98.3 Å². The van der Waals surface area contributed by atoms with Gasteiger partial charge in [-0.1, -0.05) is 181 Å². The normalized spacial score (nSPS) is 16.5. The molecule has 3 fully saturated rings. The molecule has 0 saturated carbocycles. The molecule has 0 aliphatic carbocycles. The van der Waals surface area contributed by atoms with Gasteiger partial charge in [-0.2, -0.15) is 0 Å². The van der Waals surface area contributed by atoms with Crippen LogP contribution in [0.1, 0.15) is 133 Å². The van der Waals surface area contributed by atoms with Crippen LogP contribution in [0.25, 0.3) is 33.4 Å². The average Bonchev–Trinajstić information content (AvgIpc) is 1.00. The Kier molecular flexibility index (Phi) is 28.4. The third kappa shape index (κ3) is 21.0. The molecule has 0 amide bonds. The Labute approximate surface area is 595 Å². The SMILES string of the molecule is CN1CCCC1CCOc1ccc(/C(=C(/CCCO)c2ccccc2)c2ccc(O)cc2)cc1.CN1CCCC1CCOc1ccc(/C(=C(/CCCO)c2ccccc2)c2ccc(O)cc2)cc1.Cc1ccc(/C(=C(\CCCO)c2ccccc2)c2ccc(N3CCN(C)CC3)cc2)cc1. The molecule has 12 rings (SSSR count). The standard InChI is InChI=1S/2C30H35NO3.C29H34N2O/c2*1-31-20-5-9-26(31)19-22-34-28-17-13-25(14-18-28)30(24-11-15-27(33)16-12-24)29(10-6-21-32)23-7-3-2-4-8-23;1-23-10-12-25(13-11-23)29(28(9-6-22-32)24-7-4-3-5-8-24)26-14-16-27(17-15-26)31-20-18-30(2)19-21-31/h2*2-4,7-8,11-18,26,32-33H,5-6,9-10,19-22H2,1H3;3-5,7-8,10-17,32H,6,9,18-22H2,1-2H3/b2*30-29-;29-28-. The molecule has 3 heterocycles. The maximum atomic E-state index is 9.85. The average molecular weight is 1340 g/mol. The van der Waals surface area contributed by atoms with E-state index >= 15 is 0 Å². The van der Waals surface area contributed by atoms with E-state index in [0.717, 1.165) is 134 Å². The molecule has 9 aromatic rings. The molecule has 0 aromatic heterocycles. The Balaban J connectivity index is 0.000000162. The molecule has 3 aliphatic rings.